The van der Waals surface area contributed by atoms with E-state index in [1.165, 1.54) is 0 Å². The van der Waals surface area contributed by atoms with Crippen LogP contribution >= 0.6 is 0 Å². The van der Waals surface area contributed by atoms with Crippen molar-refractivity contribution in [3.63, 3.8) is 0 Å². The van der Waals surface area contributed by atoms with E-state index in [-0.39, 0.29) is 5.91 Å². The van der Waals surface area contributed by atoms with E-state index in [2.05, 4.69) is 5.32 Å². The van der Waals surface area contributed by atoms with Crippen LogP contribution in [0, 0.1) is 0 Å². The summed E-state index contributed by atoms with van der Waals surface area (Å²) in [6.45, 7) is 0.383. The zero-order valence-corrected chi connectivity index (χ0v) is 13.9. The SMILES string of the molecule is O=C(Nc1ccc2c(c1)B(O)OC2)c1ccc(Oc2ccccc2)cc1. The fraction of sp³-hybridized carbons (Fsp3) is 0.0500. The number of nitrogens with one attached hydrogen (secondary N) is 1. The molecule has 0 bridgehead atoms. The highest BCUT2D eigenvalue weighted by molar-refractivity contribution is 6.61. The molecule has 0 unspecified atom stereocenters. The fourth-order valence-corrected chi connectivity index (χ4v) is 2.79. The van der Waals surface area contributed by atoms with Crippen LogP contribution in [0.1, 0.15) is 15.9 Å². The quantitative estimate of drug-likeness (QED) is 0.714. The molecule has 6 heteroatoms. The van der Waals surface area contributed by atoms with Crippen LogP contribution in [0.25, 0.3) is 0 Å². The van der Waals surface area contributed by atoms with Crippen molar-refractivity contribution in [1.82, 2.24) is 0 Å². The lowest BCUT2D eigenvalue weighted by molar-refractivity contribution is 0.102. The highest BCUT2D eigenvalue weighted by Gasteiger charge is 2.27. The van der Waals surface area contributed by atoms with Gasteiger partial charge in [0, 0.05) is 11.3 Å². The normalized spacial score (nSPS) is 12.6. The van der Waals surface area contributed by atoms with Crippen molar-refractivity contribution < 1.29 is 19.2 Å². The van der Waals surface area contributed by atoms with Crippen molar-refractivity contribution in [3.8, 4) is 11.5 Å². The molecule has 2 N–H and O–H groups in total. The summed E-state index contributed by atoms with van der Waals surface area (Å²) in [5, 5.41) is 12.6. The van der Waals surface area contributed by atoms with Gasteiger partial charge in [-0.1, -0.05) is 24.3 Å². The highest BCUT2D eigenvalue weighted by atomic mass is 16.5. The molecule has 4 rings (SSSR count). The third-order valence-electron chi connectivity index (χ3n) is 4.16. The first-order chi connectivity index (χ1) is 12.7. The standard InChI is InChI=1S/C20H16BNO4/c23-20(22-16-9-6-15-13-25-21(24)19(15)12-16)14-7-10-18(11-8-14)26-17-4-2-1-3-5-17/h1-12,24H,13H2,(H,22,23). The molecule has 0 saturated heterocycles. The number of benzene rings is 3. The van der Waals surface area contributed by atoms with Crippen LogP contribution in [0.5, 0.6) is 11.5 Å². The summed E-state index contributed by atoms with van der Waals surface area (Å²) in [4.78, 5) is 12.4. The second-order valence-electron chi connectivity index (χ2n) is 5.97. The summed E-state index contributed by atoms with van der Waals surface area (Å²) in [5.41, 5.74) is 2.75. The second-order valence-corrected chi connectivity index (χ2v) is 5.97. The molecule has 0 atom stereocenters. The summed E-state index contributed by atoms with van der Waals surface area (Å²) < 4.78 is 10.9. The van der Waals surface area contributed by atoms with E-state index in [0.29, 0.717) is 29.1 Å². The van der Waals surface area contributed by atoms with Crippen LogP contribution in [-0.2, 0) is 11.3 Å². The van der Waals surface area contributed by atoms with Crippen molar-refractivity contribution in [2.75, 3.05) is 5.32 Å². The average Bonchev–Trinajstić information content (AvgIpc) is 3.04. The Labute approximate surface area is 151 Å². The molecule has 1 aliphatic heterocycles. The predicted molar refractivity (Wildman–Crippen MR) is 99.7 cm³/mol. The molecule has 0 aromatic heterocycles. The number of anilines is 1. The minimum atomic E-state index is -0.934. The number of ether oxygens (including phenoxy) is 1. The van der Waals surface area contributed by atoms with Crippen molar-refractivity contribution in [3.05, 3.63) is 83.9 Å². The molecule has 128 valence electrons. The minimum absolute atomic E-state index is 0.232. The third-order valence-corrected chi connectivity index (χ3v) is 4.16. The summed E-state index contributed by atoms with van der Waals surface area (Å²) in [6, 6.07) is 21.7. The molecule has 0 aliphatic carbocycles. The number of amides is 1. The zero-order valence-electron chi connectivity index (χ0n) is 13.9. The van der Waals surface area contributed by atoms with E-state index in [1.807, 2.05) is 36.4 Å². The molecule has 0 saturated carbocycles. The Bertz CT molecular complexity index is 928. The summed E-state index contributed by atoms with van der Waals surface area (Å²) in [6.07, 6.45) is 0. The van der Waals surface area contributed by atoms with Gasteiger partial charge in [0.15, 0.2) is 0 Å². The molecule has 1 aliphatic rings. The van der Waals surface area contributed by atoms with Gasteiger partial charge in [-0.15, -0.1) is 0 Å². The molecule has 0 spiro atoms. The Morgan fingerprint density at radius 3 is 2.50 bits per heavy atom. The maximum atomic E-state index is 12.4. The Morgan fingerprint density at radius 2 is 1.73 bits per heavy atom. The molecule has 1 amide bonds. The van der Waals surface area contributed by atoms with Crippen molar-refractivity contribution >= 4 is 24.2 Å². The first-order valence-corrected chi connectivity index (χ1v) is 8.26. The molecule has 5 nitrogen and oxygen atoms in total. The number of rotatable bonds is 4. The first-order valence-electron chi connectivity index (χ1n) is 8.26. The molecule has 0 radical (unpaired) electrons. The smallest absolute Gasteiger partial charge is 0.457 e. The van der Waals surface area contributed by atoms with Crippen LogP contribution in [-0.4, -0.2) is 18.0 Å². The lowest BCUT2D eigenvalue weighted by atomic mass is 9.79. The van der Waals surface area contributed by atoms with Gasteiger partial charge in [0.05, 0.1) is 6.61 Å². The maximum absolute atomic E-state index is 12.4. The topological polar surface area (TPSA) is 67.8 Å². The van der Waals surface area contributed by atoms with E-state index in [9.17, 15) is 9.82 Å². The Balaban J connectivity index is 1.44. The Morgan fingerprint density at radius 1 is 1.00 bits per heavy atom. The molecule has 0 fully saturated rings. The van der Waals surface area contributed by atoms with E-state index < -0.39 is 7.12 Å². The van der Waals surface area contributed by atoms with Gasteiger partial charge in [0.1, 0.15) is 11.5 Å². The highest BCUT2D eigenvalue weighted by Crippen LogP contribution is 2.22. The van der Waals surface area contributed by atoms with E-state index in [4.69, 9.17) is 9.39 Å². The zero-order chi connectivity index (χ0) is 17.9. The summed E-state index contributed by atoms with van der Waals surface area (Å²) in [7, 11) is -0.934. The largest absolute Gasteiger partial charge is 0.491 e. The van der Waals surface area contributed by atoms with Gasteiger partial charge in [-0.25, -0.2) is 0 Å². The van der Waals surface area contributed by atoms with Gasteiger partial charge < -0.3 is 19.7 Å². The van der Waals surface area contributed by atoms with Crippen molar-refractivity contribution in [2.45, 2.75) is 6.61 Å². The van der Waals surface area contributed by atoms with Gasteiger partial charge in [-0.05, 0) is 59.6 Å². The number of hydrogen-bond donors (Lipinski definition) is 2. The monoisotopic (exact) mass is 345 g/mol. The summed E-state index contributed by atoms with van der Waals surface area (Å²) in [5.74, 6) is 1.17. The van der Waals surface area contributed by atoms with Crippen LogP contribution in [0.4, 0.5) is 5.69 Å². The van der Waals surface area contributed by atoms with E-state index in [0.717, 1.165) is 11.3 Å². The van der Waals surface area contributed by atoms with Crippen LogP contribution in [0.3, 0.4) is 0 Å². The number of fused-ring (bicyclic) bond motifs is 1. The van der Waals surface area contributed by atoms with E-state index in [1.54, 1.807) is 36.4 Å². The van der Waals surface area contributed by atoms with Crippen LogP contribution in [0.15, 0.2) is 72.8 Å². The Hall–Kier alpha value is -3.09. The lowest BCUT2D eigenvalue weighted by Crippen LogP contribution is -2.28. The predicted octanol–water partition coefficient (Wildman–Crippen LogP) is 2.95. The fourth-order valence-electron chi connectivity index (χ4n) is 2.79. The van der Waals surface area contributed by atoms with Gasteiger partial charge in [0.25, 0.3) is 5.91 Å². The number of carbonyl (C=O) groups is 1. The van der Waals surface area contributed by atoms with Gasteiger partial charge in [0.2, 0.25) is 0 Å². The van der Waals surface area contributed by atoms with Gasteiger partial charge >= 0.3 is 7.12 Å². The number of hydrogen-bond acceptors (Lipinski definition) is 4. The van der Waals surface area contributed by atoms with Crippen LogP contribution < -0.4 is 15.5 Å². The lowest BCUT2D eigenvalue weighted by Gasteiger charge is -2.09. The van der Waals surface area contributed by atoms with Crippen molar-refractivity contribution in [2.24, 2.45) is 0 Å². The van der Waals surface area contributed by atoms with Gasteiger partial charge in [-0.3, -0.25) is 4.79 Å². The molecular weight excluding hydrogens is 329 g/mol. The van der Waals surface area contributed by atoms with E-state index >= 15 is 0 Å². The minimum Gasteiger partial charge on any atom is -0.457 e. The first kappa shape index (κ1) is 16.4. The maximum Gasteiger partial charge on any atom is 0.491 e. The molecule has 3 aromatic carbocycles. The van der Waals surface area contributed by atoms with Crippen molar-refractivity contribution in [1.29, 1.82) is 0 Å². The Kier molecular flexibility index (Phi) is 4.43. The summed E-state index contributed by atoms with van der Waals surface area (Å²) >= 11 is 0. The van der Waals surface area contributed by atoms with Crippen LogP contribution in [0.2, 0.25) is 0 Å². The average molecular weight is 345 g/mol. The molecule has 3 aromatic rings. The molecule has 26 heavy (non-hydrogen) atoms. The molecular formula is C20H16BNO4. The number of para-hydroxylation sites is 1. The molecule has 1 heterocycles. The van der Waals surface area contributed by atoms with Gasteiger partial charge in [-0.2, -0.15) is 0 Å². The number of carbonyl (C=O) groups excluding carboxylic acids is 1. The third kappa shape index (κ3) is 3.47. The second kappa shape index (κ2) is 7.03.